The van der Waals surface area contributed by atoms with E-state index >= 15 is 0 Å². The average Bonchev–Trinajstić information content (AvgIpc) is 2.86. The number of carbonyl (C=O) groups excluding carboxylic acids is 4. The van der Waals surface area contributed by atoms with Gasteiger partial charge in [0.05, 0.1) is 11.1 Å². The summed E-state index contributed by atoms with van der Waals surface area (Å²) < 4.78 is 0. The smallest absolute Gasteiger partial charge is 0.262 e. The maximum Gasteiger partial charge on any atom is 0.262 e. The van der Waals surface area contributed by atoms with Crippen molar-refractivity contribution in [2.75, 3.05) is 18.4 Å². The molecule has 1 saturated heterocycles. The van der Waals surface area contributed by atoms with Gasteiger partial charge in [-0.05, 0) is 44.0 Å². The number of hydrogen-bond acceptors (Lipinski definition) is 6. The van der Waals surface area contributed by atoms with Crippen LogP contribution >= 0.6 is 0 Å². The first kappa shape index (κ1) is 18.1. The van der Waals surface area contributed by atoms with Crippen LogP contribution in [0.3, 0.4) is 0 Å². The van der Waals surface area contributed by atoms with E-state index in [4.69, 9.17) is 5.73 Å². The van der Waals surface area contributed by atoms with Gasteiger partial charge in [0.25, 0.3) is 11.8 Å². The number of imide groups is 2. The molecule has 0 aromatic heterocycles. The predicted molar refractivity (Wildman–Crippen MR) is 96.6 cm³/mol. The molecule has 2 heterocycles. The van der Waals surface area contributed by atoms with E-state index < -0.39 is 23.8 Å². The number of nitrogens with two attached hydrogens (primary N) is 1. The fourth-order valence-corrected chi connectivity index (χ4v) is 3.26. The minimum atomic E-state index is -0.937. The fraction of sp³-hybridized carbons (Fsp3) is 0.444. The van der Waals surface area contributed by atoms with Gasteiger partial charge in [0.2, 0.25) is 11.8 Å². The molecule has 0 saturated carbocycles. The number of piperidine rings is 1. The highest BCUT2D eigenvalue weighted by Crippen LogP contribution is 2.29. The van der Waals surface area contributed by atoms with Gasteiger partial charge >= 0.3 is 0 Å². The third kappa shape index (κ3) is 3.45. The van der Waals surface area contributed by atoms with Gasteiger partial charge in [-0.15, -0.1) is 0 Å². The van der Waals surface area contributed by atoms with Crippen molar-refractivity contribution < 1.29 is 20.6 Å². The van der Waals surface area contributed by atoms with Crippen LogP contribution in [0.4, 0.5) is 5.69 Å². The molecule has 140 valence electrons. The third-order valence-corrected chi connectivity index (χ3v) is 4.65. The second kappa shape index (κ2) is 7.65. The SMILES string of the molecule is NCCCCCNc1ccc2c(c1)C(=O)N(C1CCC(=O)NC1=O)C2=O.[HH]. The molecule has 1 unspecified atom stereocenters. The lowest BCUT2D eigenvalue weighted by atomic mass is 10.0. The molecule has 8 heteroatoms. The summed E-state index contributed by atoms with van der Waals surface area (Å²) in [5.41, 5.74) is 6.78. The molecule has 4 amide bonds. The normalized spacial score (nSPS) is 19.6. The molecule has 1 aromatic rings. The van der Waals surface area contributed by atoms with Crippen molar-refractivity contribution in [1.82, 2.24) is 10.2 Å². The van der Waals surface area contributed by atoms with E-state index in [2.05, 4.69) is 10.6 Å². The summed E-state index contributed by atoms with van der Waals surface area (Å²) in [4.78, 5) is 49.6. The molecule has 26 heavy (non-hydrogen) atoms. The van der Waals surface area contributed by atoms with E-state index in [1.165, 1.54) is 0 Å². The number of hydrogen-bond donors (Lipinski definition) is 3. The van der Waals surface area contributed by atoms with Crippen molar-refractivity contribution in [3.8, 4) is 0 Å². The Morgan fingerprint density at radius 1 is 1.12 bits per heavy atom. The highest BCUT2D eigenvalue weighted by molar-refractivity contribution is 6.23. The number of carbonyl (C=O) groups is 4. The highest BCUT2D eigenvalue weighted by Gasteiger charge is 2.44. The second-order valence-corrected chi connectivity index (χ2v) is 6.48. The van der Waals surface area contributed by atoms with Crippen LogP contribution < -0.4 is 16.4 Å². The molecule has 0 spiro atoms. The van der Waals surface area contributed by atoms with E-state index in [0.717, 1.165) is 36.4 Å². The number of unbranched alkanes of at least 4 members (excludes halogenated alkanes) is 2. The van der Waals surface area contributed by atoms with Gasteiger partial charge in [-0.2, -0.15) is 0 Å². The number of rotatable bonds is 7. The van der Waals surface area contributed by atoms with E-state index in [-0.39, 0.29) is 31.3 Å². The van der Waals surface area contributed by atoms with Gasteiger partial charge in [0, 0.05) is 20.1 Å². The van der Waals surface area contributed by atoms with E-state index in [1.807, 2.05) is 0 Å². The van der Waals surface area contributed by atoms with Gasteiger partial charge < -0.3 is 11.1 Å². The molecule has 1 atom stereocenters. The van der Waals surface area contributed by atoms with Crippen molar-refractivity contribution in [2.24, 2.45) is 5.73 Å². The molecular formula is C18H24N4O4. The quantitative estimate of drug-likeness (QED) is 0.490. The molecule has 2 aliphatic rings. The summed E-state index contributed by atoms with van der Waals surface area (Å²) in [7, 11) is 0. The molecule has 8 nitrogen and oxygen atoms in total. The average molecular weight is 360 g/mol. The highest BCUT2D eigenvalue weighted by atomic mass is 16.2. The molecular weight excluding hydrogens is 336 g/mol. The lowest BCUT2D eigenvalue weighted by molar-refractivity contribution is -0.136. The van der Waals surface area contributed by atoms with Crippen LogP contribution in [0.25, 0.3) is 0 Å². The summed E-state index contributed by atoms with van der Waals surface area (Å²) in [6.07, 6.45) is 3.22. The number of benzene rings is 1. The zero-order valence-corrected chi connectivity index (χ0v) is 14.4. The third-order valence-electron chi connectivity index (χ3n) is 4.65. The molecule has 4 N–H and O–H groups in total. The molecule has 0 bridgehead atoms. The molecule has 3 rings (SSSR count). The van der Waals surface area contributed by atoms with Crippen LogP contribution in [0.2, 0.25) is 0 Å². The van der Waals surface area contributed by atoms with E-state index in [9.17, 15) is 19.2 Å². The van der Waals surface area contributed by atoms with Crippen molar-refractivity contribution in [3.05, 3.63) is 29.3 Å². The Morgan fingerprint density at radius 2 is 1.88 bits per heavy atom. The van der Waals surface area contributed by atoms with Crippen LogP contribution in [-0.2, 0) is 9.59 Å². The number of anilines is 1. The zero-order valence-electron chi connectivity index (χ0n) is 14.4. The number of amides is 4. The minimum absolute atomic E-state index is 0. The maximum absolute atomic E-state index is 12.7. The largest absolute Gasteiger partial charge is 0.385 e. The Morgan fingerprint density at radius 3 is 2.62 bits per heavy atom. The number of nitrogens with zero attached hydrogens (tertiary/aromatic N) is 1. The summed E-state index contributed by atoms with van der Waals surface area (Å²) in [5, 5.41) is 5.42. The lowest BCUT2D eigenvalue weighted by Gasteiger charge is -2.27. The summed E-state index contributed by atoms with van der Waals surface area (Å²) in [5.74, 6) is -1.97. The molecule has 0 radical (unpaired) electrons. The Balaban J connectivity index is 0.00000261. The first-order chi connectivity index (χ1) is 12.5. The van der Waals surface area contributed by atoms with Gasteiger partial charge in [-0.25, -0.2) is 0 Å². The molecule has 0 aliphatic carbocycles. The van der Waals surface area contributed by atoms with Crippen LogP contribution in [0.15, 0.2) is 18.2 Å². The Bertz CT molecular complexity index is 768. The van der Waals surface area contributed by atoms with Crippen LogP contribution in [0.5, 0.6) is 0 Å². The van der Waals surface area contributed by atoms with Crippen molar-refractivity contribution in [2.45, 2.75) is 38.1 Å². The number of fused-ring (bicyclic) bond motifs is 1. The Labute approximate surface area is 152 Å². The first-order valence-electron chi connectivity index (χ1n) is 8.82. The van der Waals surface area contributed by atoms with E-state index in [1.54, 1.807) is 18.2 Å². The molecule has 1 fully saturated rings. The number of nitrogens with one attached hydrogen (secondary N) is 2. The minimum Gasteiger partial charge on any atom is -0.385 e. The summed E-state index contributed by atoms with van der Waals surface area (Å²) in [6.45, 7) is 1.42. The lowest BCUT2D eigenvalue weighted by Crippen LogP contribution is -2.54. The fourth-order valence-electron chi connectivity index (χ4n) is 3.26. The monoisotopic (exact) mass is 360 g/mol. The van der Waals surface area contributed by atoms with Crippen molar-refractivity contribution >= 4 is 29.3 Å². The van der Waals surface area contributed by atoms with Crippen molar-refractivity contribution in [1.29, 1.82) is 0 Å². The van der Waals surface area contributed by atoms with Gasteiger partial charge in [0.15, 0.2) is 0 Å². The standard InChI is InChI=1S/C18H22N4O4.H2/c19-8-2-1-3-9-20-11-4-5-12-13(10-11)18(26)22(17(12)25)14-6-7-15(23)21-16(14)24;/h4-5,10,14,20H,1-3,6-9,19H2,(H,21,23,24);1H. The van der Waals surface area contributed by atoms with Gasteiger partial charge in [-0.3, -0.25) is 29.4 Å². The van der Waals surface area contributed by atoms with Crippen LogP contribution in [0, 0.1) is 0 Å². The molecule has 1 aromatic carbocycles. The predicted octanol–water partition coefficient (Wildman–Crippen LogP) is 0.875. The van der Waals surface area contributed by atoms with Crippen LogP contribution in [-0.4, -0.2) is 47.7 Å². The van der Waals surface area contributed by atoms with Gasteiger partial charge in [-0.1, -0.05) is 6.42 Å². The maximum atomic E-state index is 12.7. The van der Waals surface area contributed by atoms with Crippen molar-refractivity contribution in [3.63, 3.8) is 0 Å². The Hall–Kier alpha value is -2.74. The topological polar surface area (TPSA) is 122 Å². The Kier molecular flexibility index (Phi) is 5.32. The van der Waals surface area contributed by atoms with E-state index in [0.29, 0.717) is 6.54 Å². The summed E-state index contributed by atoms with van der Waals surface area (Å²) in [6, 6.07) is 4.06. The van der Waals surface area contributed by atoms with Crippen LogP contribution in [0.1, 0.15) is 54.2 Å². The molecule has 2 aliphatic heterocycles. The first-order valence-corrected chi connectivity index (χ1v) is 8.82. The second-order valence-electron chi connectivity index (χ2n) is 6.48. The zero-order chi connectivity index (χ0) is 18.7. The van der Waals surface area contributed by atoms with Gasteiger partial charge in [0.1, 0.15) is 6.04 Å². The summed E-state index contributed by atoms with van der Waals surface area (Å²) >= 11 is 0.